The first-order valence-electron chi connectivity index (χ1n) is 13.6. The maximum absolute atomic E-state index is 2.46. The Morgan fingerprint density at radius 1 is 0.611 bits per heavy atom. The van der Waals surface area contributed by atoms with Crippen molar-refractivity contribution in [3.05, 3.63) is 101 Å². The first-order chi connectivity index (χ1) is 17.1. The molecule has 188 valence electrons. The van der Waals surface area contributed by atoms with Gasteiger partial charge in [0.2, 0.25) is 0 Å². The van der Waals surface area contributed by atoms with Gasteiger partial charge in [0.1, 0.15) is 23.8 Å². The van der Waals surface area contributed by atoms with Gasteiger partial charge in [-0.2, -0.15) is 9.13 Å². The Bertz CT molecular complexity index is 1220. The van der Waals surface area contributed by atoms with E-state index in [4.69, 9.17) is 0 Å². The van der Waals surface area contributed by atoms with Crippen LogP contribution in [0, 0.1) is 6.92 Å². The van der Waals surface area contributed by atoms with Gasteiger partial charge in [0, 0.05) is 22.3 Å². The lowest BCUT2D eigenvalue weighted by molar-refractivity contribution is -0.584. The Labute approximate surface area is 218 Å². The highest BCUT2D eigenvalue weighted by Gasteiger charge is 2.30. The molecule has 0 aliphatic heterocycles. The molecule has 3 aromatic carbocycles. The summed E-state index contributed by atoms with van der Waals surface area (Å²) in [7, 11) is 0. The van der Waals surface area contributed by atoms with E-state index in [1.54, 1.807) is 0 Å². The van der Waals surface area contributed by atoms with Crippen LogP contribution >= 0.6 is 0 Å². The minimum Gasteiger partial charge on any atom is -0.195 e. The summed E-state index contributed by atoms with van der Waals surface area (Å²) in [6.45, 7) is 20.6. The fourth-order valence-electron chi connectivity index (χ4n) is 5.39. The number of hydrogen-bond donors (Lipinski definition) is 0. The van der Waals surface area contributed by atoms with Crippen molar-refractivity contribution in [2.75, 3.05) is 0 Å². The van der Waals surface area contributed by atoms with Crippen LogP contribution in [0.2, 0.25) is 0 Å². The second-order valence-electron chi connectivity index (χ2n) is 11.4. The zero-order valence-electron chi connectivity index (χ0n) is 23.6. The van der Waals surface area contributed by atoms with Gasteiger partial charge in [-0.1, -0.05) is 109 Å². The van der Waals surface area contributed by atoms with E-state index < -0.39 is 0 Å². The van der Waals surface area contributed by atoms with Gasteiger partial charge in [0.25, 0.3) is 5.82 Å². The molecule has 0 aliphatic rings. The standard InChI is InChI=1S/C34H43N2/c1-22(2)28-15-11-16-29(23(3)4)32(28)35-19-20-36(34(35)27-14-10-13-26(9)21-27)33-30(24(5)6)17-12-18-31(33)25(7)8/h10-25H,1-9H3/q+1. The van der Waals surface area contributed by atoms with Crippen molar-refractivity contribution < 1.29 is 4.57 Å². The number of rotatable bonds is 7. The quantitative estimate of drug-likeness (QED) is 0.234. The predicted molar refractivity (Wildman–Crippen MR) is 154 cm³/mol. The molecule has 36 heavy (non-hydrogen) atoms. The second kappa shape index (κ2) is 10.5. The zero-order chi connectivity index (χ0) is 26.1. The minimum absolute atomic E-state index is 0.425. The van der Waals surface area contributed by atoms with Gasteiger partial charge in [-0.05, 0) is 42.7 Å². The molecular formula is C34H43N2+. The summed E-state index contributed by atoms with van der Waals surface area (Å²) in [5.74, 6) is 2.91. The van der Waals surface area contributed by atoms with Crippen molar-refractivity contribution in [2.45, 2.75) is 86.0 Å². The lowest BCUT2D eigenvalue weighted by atomic mass is 9.92. The molecule has 4 rings (SSSR count). The van der Waals surface area contributed by atoms with Crippen LogP contribution in [0.15, 0.2) is 73.1 Å². The highest BCUT2D eigenvalue weighted by molar-refractivity contribution is 5.62. The van der Waals surface area contributed by atoms with Crippen LogP contribution in [0.3, 0.4) is 0 Å². The van der Waals surface area contributed by atoms with Crippen LogP contribution in [-0.4, -0.2) is 4.57 Å². The number of aromatic nitrogens is 2. The number of nitrogens with zero attached hydrogens (tertiary/aromatic N) is 2. The number of para-hydroxylation sites is 2. The molecule has 2 nitrogen and oxygen atoms in total. The van der Waals surface area contributed by atoms with Crippen molar-refractivity contribution in [2.24, 2.45) is 0 Å². The highest BCUT2D eigenvalue weighted by Crippen LogP contribution is 2.35. The molecule has 0 amide bonds. The summed E-state index contributed by atoms with van der Waals surface area (Å²) in [4.78, 5) is 0. The molecule has 0 saturated carbocycles. The molecule has 0 saturated heterocycles. The lowest BCUT2D eigenvalue weighted by Gasteiger charge is -2.20. The summed E-state index contributed by atoms with van der Waals surface area (Å²) in [5, 5.41) is 0. The minimum atomic E-state index is 0.425. The van der Waals surface area contributed by atoms with Crippen LogP contribution in [-0.2, 0) is 0 Å². The topological polar surface area (TPSA) is 8.81 Å². The van der Waals surface area contributed by atoms with Gasteiger partial charge in [-0.3, -0.25) is 0 Å². The lowest BCUT2D eigenvalue weighted by Crippen LogP contribution is -2.35. The fraction of sp³-hybridized carbons (Fsp3) is 0.382. The number of benzene rings is 3. The van der Waals surface area contributed by atoms with Gasteiger partial charge in [-0.25, -0.2) is 0 Å². The van der Waals surface area contributed by atoms with Gasteiger partial charge in [-0.15, -0.1) is 0 Å². The van der Waals surface area contributed by atoms with Crippen molar-refractivity contribution in [1.82, 2.24) is 4.57 Å². The van der Waals surface area contributed by atoms with Gasteiger partial charge < -0.3 is 0 Å². The number of aryl methyl sites for hydroxylation is 1. The third-order valence-corrected chi connectivity index (χ3v) is 7.26. The van der Waals surface area contributed by atoms with E-state index in [2.05, 4.69) is 145 Å². The molecule has 0 aliphatic carbocycles. The Morgan fingerprint density at radius 3 is 1.56 bits per heavy atom. The molecule has 0 atom stereocenters. The van der Waals surface area contributed by atoms with Crippen molar-refractivity contribution in [1.29, 1.82) is 0 Å². The van der Waals surface area contributed by atoms with E-state index in [0.717, 1.165) is 0 Å². The molecule has 4 aromatic rings. The molecule has 0 bridgehead atoms. The molecule has 1 aromatic heterocycles. The zero-order valence-corrected chi connectivity index (χ0v) is 23.6. The third kappa shape index (κ3) is 4.78. The summed E-state index contributed by atoms with van der Waals surface area (Å²) in [6.07, 6.45) is 4.57. The van der Waals surface area contributed by atoms with Gasteiger partial charge in [0.05, 0.1) is 5.56 Å². The van der Waals surface area contributed by atoms with E-state index in [1.807, 2.05) is 0 Å². The highest BCUT2D eigenvalue weighted by atomic mass is 15.2. The first kappa shape index (κ1) is 25.9. The Hall–Kier alpha value is -3.13. The molecule has 0 spiro atoms. The van der Waals surface area contributed by atoms with Crippen molar-refractivity contribution >= 4 is 0 Å². The number of imidazole rings is 1. The predicted octanol–water partition coefficient (Wildman–Crippen LogP) is 9.22. The van der Waals surface area contributed by atoms with E-state index in [-0.39, 0.29) is 0 Å². The number of hydrogen-bond acceptors (Lipinski definition) is 0. The van der Waals surface area contributed by atoms with Gasteiger partial charge >= 0.3 is 0 Å². The molecular weight excluding hydrogens is 436 g/mol. The van der Waals surface area contributed by atoms with E-state index in [0.29, 0.717) is 23.7 Å². The van der Waals surface area contributed by atoms with Crippen LogP contribution in [0.1, 0.15) is 107 Å². The van der Waals surface area contributed by atoms with Gasteiger partial charge in [0.15, 0.2) is 0 Å². The Balaban J connectivity index is 2.17. The maximum Gasteiger partial charge on any atom is 0.299 e. The summed E-state index contributed by atoms with van der Waals surface area (Å²) >= 11 is 0. The molecule has 1 heterocycles. The molecule has 0 N–H and O–H groups in total. The maximum atomic E-state index is 2.46. The smallest absolute Gasteiger partial charge is 0.195 e. The first-order valence-corrected chi connectivity index (χ1v) is 13.6. The largest absolute Gasteiger partial charge is 0.299 e. The van der Waals surface area contributed by atoms with Crippen LogP contribution in [0.5, 0.6) is 0 Å². The Morgan fingerprint density at radius 2 is 1.08 bits per heavy atom. The second-order valence-corrected chi connectivity index (χ2v) is 11.4. The van der Waals surface area contributed by atoms with E-state index in [1.165, 1.54) is 50.6 Å². The van der Waals surface area contributed by atoms with E-state index in [9.17, 15) is 0 Å². The Kier molecular flexibility index (Phi) is 7.54. The summed E-state index contributed by atoms with van der Waals surface area (Å²) < 4.78 is 4.92. The molecule has 2 heteroatoms. The summed E-state index contributed by atoms with van der Waals surface area (Å²) in [5.41, 5.74) is 10.7. The van der Waals surface area contributed by atoms with Crippen LogP contribution < -0.4 is 4.57 Å². The average molecular weight is 480 g/mol. The van der Waals surface area contributed by atoms with Crippen LogP contribution in [0.25, 0.3) is 22.8 Å². The SMILES string of the molecule is Cc1cccc(-c2n(-c3c(C(C)C)cccc3C(C)C)cc[n+]2-c2c(C(C)C)cccc2C(C)C)c1. The van der Waals surface area contributed by atoms with Crippen LogP contribution in [0.4, 0.5) is 0 Å². The summed E-state index contributed by atoms with van der Waals surface area (Å²) in [6, 6.07) is 22.6. The third-order valence-electron chi connectivity index (χ3n) is 7.26. The molecule has 0 radical (unpaired) electrons. The molecule has 0 unspecified atom stereocenters. The van der Waals surface area contributed by atoms with Crippen molar-refractivity contribution in [3.63, 3.8) is 0 Å². The van der Waals surface area contributed by atoms with E-state index >= 15 is 0 Å². The average Bonchev–Trinajstić information content (AvgIpc) is 3.27. The monoisotopic (exact) mass is 479 g/mol. The van der Waals surface area contributed by atoms with Crippen molar-refractivity contribution in [3.8, 4) is 22.8 Å². The fourth-order valence-corrected chi connectivity index (χ4v) is 5.39. The molecule has 0 fully saturated rings. The normalized spacial score (nSPS) is 11.9.